The number of benzene rings is 1. The van der Waals surface area contributed by atoms with Crippen LogP contribution < -0.4 is 0 Å². The molecular formula is C19H26O5. The van der Waals surface area contributed by atoms with Crippen LogP contribution in [0.5, 0.6) is 0 Å². The second-order valence-electron chi connectivity index (χ2n) is 7.60. The number of esters is 1. The summed E-state index contributed by atoms with van der Waals surface area (Å²) < 4.78 is 23.5. The molecule has 0 aliphatic carbocycles. The van der Waals surface area contributed by atoms with E-state index < -0.39 is 11.7 Å². The highest BCUT2D eigenvalue weighted by Crippen LogP contribution is 2.36. The zero-order valence-corrected chi connectivity index (χ0v) is 14.7. The first-order valence-electron chi connectivity index (χ1n) is 8.51. The average Bonchev–Trinajstić information content (AvgIpc) is 2.57. The fourth-order valence-electron chi connectivity index (χ4n) is 2.97. The van der Waals surface area contributed by atoms with E-state index in [1.54, 1.807) is 0 Å². The molecule has 0 spiro atoms. The van der Waals surface area contributed by atoms with Crippen LogP contribution in [-0.4, -0.2) is 37.5 Å². The molecule has 132 valence electrons. The number of hydrogen-bond acceptors (Lipinski definition) is 5. The lowest BCUT2D eigenvalue weighted by atomic mass is 9.90. The smallest absolute Gasteiger partial charge is 0.311 e. The van der Waals surface area contributed by atoms with Crippen LogP contribution in [0.3, 0.4) is 0 Å². The largest absolute Gasteiger partial charge is 0.459 e. The molecule has 2 heterocycles. The molecule has 5 atom stereocenters. The molecule has 0 saturated carbocycles. The Hall–Kier alpha value is -1.43. The van der Waals surface area contributed by atoms with Gasteiger partial charge in [0.25, 0.3) is 0 Å². The molecule has 2 fully saturated rings. The van der Waals surface area contributed by atoms with Crippen molar-refractivity contribution in [2.45, 2.75) is 52.3 Å². The number of carbonyl (C=O) groups excluding carboxylic acids is 1. The van der Waals surface area contributed by atoms with Crippen molar-refractivity contribution in [3.8, 4) is 0 Å². The van der Waals surface area contributed by atoms with E-state index >= 15 is 0 Å². The van der Waals surface area contributed by atoms with E-state index in [9.17, 15) is 4.79 Å². The van der Waals surface area contributed by atoms with Gasteiger partial charge in [0.05, 0.1) is 24.7 Å². The molecule has 5 heteroatoms. The summed E-state index contributed by atoms with van der Waals surface area (Å²) in [4.78, 5) is 12.2. The maximum atomic E-state index is 12.2. The van der Waals surface area contributed by atoms with Crippen LogP contribution in [0.25, 0.3) is 0 Å². The van der Waals surface area contributed by atoms with Crippen molar-refractivity contribution in [1.29, 1.82) is 0 Å². The Morgan fingerprint density at radius 3 is 2.50 bits per heavy atom. The van der Waals surface area contributed by atoms with Crippen LogP contribution in [0, 0.1) is 11.3 Å². The predicted octanol–water partition coefficient (Wildman–Crippen LogP) is 3.09. The van der Waals surface area contributed by atoms with Gasteiger partial charge in [0, 0.05) is 11.5 Å². The number of rotatable bonds is 2. The van der Waals surface area contributed by atoms with Gasteiger partial charge >= 0.3 is 5.97 Å². The van der Waals surface area contributed by atoms with Gasteiger partial charge in [-0.3, -0.25) is 4.79 Å². The quantitative estimate of drug-likeness (QED) is 0.778. The highest BCUT2D eigenvalue weighted by Gasteiger charge is 2.45. The SMILES string of the molecule is C[C@@H]1C2O[C@H](c3ccccc3)OC[C@H]2OC[C@@H]1OC(=O)C(C)(C)C. The Bertz CT molecular complexity index is 565. The Morgan fingerprint density at radius 1 is 1.12 bits per heavy atom. The maximum Gasteiger partial charge on any atom is 0.311 e. The molecule has 0 aromatic heterocycles. The Morgan fingerprint density at radius 2 is 1.83 bits per heavy atom. The van der Waals surface area contributed by atoms with Crippen molar-refractivity contribution in [3.63, 3.8) is 0 Å². The highest BCUT2D eigenvalue weighted by molar-refractivity contribution is 5.75. The fourth-order valence-corrected chi connectivity index (χ4v) is 2.97. The molecule has 2 saturated heterocycles. The van der Waals surface area contributed by atoms with Crippen LogP contribution in [0.15, 0.2) is 30.3 Å². The summed E-state index contributed by atoms with van der Waals surface area (Å²) in [6, 6.07) is 9.85. The van der Waals surface area contributed by atoms with Gasteiger partial charge < -0.3 is 18.9 Å². The summed E-state index contributed by atoms with van der Waals surface area (Å²) in [5, 5.41) is 0. The van der Waals surface area contributed by atoms with Gasteiger partial charge in [-0.15, -0.1) is 0 Å². The number of ether oxygens (including phenoxy) is 4. The molecule has 1 unspecified atom stereocenters. The first-order valence-corrected chi connectivity index (χ1v) is 8.51. The summed E-state index contributed by atoms with van der Waals surface area (Å²) in [5.74, 6) is -0.168. The molecule has 0 amide bonds. The summed E-state index contributed by atoms with van der Waals surface area (Å²) in [6.07, 6.45) is -0.983. The first-order chi connectivity index (χ1) is 11.4. The van der Waals surface area contributed by atoms with Crippen molar-refractivity contribution in [2.75, 3.05) is 13.2 Å². The predicted molar refractivity (Wildman–Crippen MR) is 88.2 cm³/mol. The molecule has 2 aliphatic rings. The fraction of sp³-hybridized carbons (Fsp3) is 0.632. The standard InChI is InChI=1S/C19H26O5/c1-12-14(23-18(20)19(2,3)4)10-21-15-11-22-17(24-16(12)15)13-8-6-5-7-9-13/h5-9,12,14-17H,10-11H2,1-4H3/t12-,14-,15+,16?,17+/m0/s1. The normalized spacial score (nSPS) is 33.6. The zero-order valence-electron chi connectivity index (χ0n) is 14.7. The molecule has 1 aromatic carbocycles. The lowest BCUT2D eigenvalue weighted by Crippen LogP contribution is -2.55. The molecule has 0 bridgehead atoms. The molecule has 0 N–H and O–H groups in total. The van der Waals surface area contributed by atoms with E-state index in [0.29, 0.717) is 13.2 Å². The van der Waals surface area contributed by atoms with Crippen LogP contribution in [0.4, 0.5) is 0 Å². The van der Waals surface area contributed by atoms with Crippen molar-refractivity contribution in [1.82, 2.24) is 0 Å². The van der Waals surface area contributed by atoms with Crippen molar-refractivity contribution < 1.29 is 23.7 Å². The monoisotopic (exact) mass is 334 g/mol. The molecule has 0 radical (unpaired) electrons. The lowest BCUT2D eigenvalue weighted by molar-refractivity contribution is -0.304. The minimum Gasteiger partial charge on any atom is -0.459 e. The second-order valence-corrected chi connectivity index (χ2v) is 7.60. The van der Waals surface area contributed by atoms with Gasteiger partial charge in [-0.2, -0.15) is 0 Å². The van der Waals surface area contributed by atoms with Crippen molar-refractivity contribution in [3.05, 3.63) is 35.9 Å². The van der Waals surface area contributed by atoms with Crippen LogP contribution in [0.1, 0.15) is 39.5 Å². The molecule has 24 heavy (non-hydrogen) atoms. The van der Waals surface area contributed by atoms with Gasteiger partial charge in [-0.05, 0) is 20.8 Å². The Balaban J connectivity index is 1.68. The molecule has 5 nitrogen and oxygen atoms in total. The average molecular weight is 334 g/mol. The van der Waals surface area contributed by atoms with Crippen LogP contribution in [0.2, 0.25) is 0 Å². The highest BCUT2D eigenvalue weighted by atomic mass is 16.7. The number of fused-ring (bicyclic) bond motifs is 1. The molecule has 1 aromatic rings. The van der Waals surface area contributed by atoms with E-state index in [2.05, 4.69) is 0 Å². The summed E-state index contributed by atoms with van der Waals surface area (Å²) in [7, 11) is 0. The van der Waals surface area contributed by atoms with Gasteiger partial charge in [-0.25, -0.2) is 0 Å². The van der Waals surface area contributed by atoms with Crippen LogP contribution >= 0.6 is 0 Å². The van der Waals surface area contributed by atoms with Gasteiger partial charge in [-0.1, -0.05) is 37.3 Å². The van der Waals surface area contributed by atoms with E-state index in [0.717, 1.165) is 5.56 Å². The summed E-state index contributed by atoms with van der Waals surface area (Å²) in [6.45, 7) is 8.46. The third kappa shape index (κ3) is 3.63. The lowest BCUT2D eigenvalue weighted by Gasteiger charge is -2.45. The number of hydrogen-bond donors (Lipinski definition) is 0. The Kier molecular flexibility index (Phi) is 4.95. The first kappa shape index (κ1) is 17.4. The summed E-state index contributed by atoms with van der Waals surface area (Å²) >= 11 is 0. The molecule has 2 aliphatic heterocycles. The third-order valence-electron chi connectivity index (χ3n) is 4.58. The van der Waals surface area contributed by atoms with Gasteiger partial charge in [0.1, 0.15) is 12.2 Å². The van der Waals surface area contributed by atoms with E-state index in [4.69, 9.17) is 18.9 Å². The van der Waals surface area contributed by atoms with Gasteiger partial charge in [0.15, 0.2) is 6.29 Å². The third-order valence-corrected chi connectivity index (χ3v) is 4.58. The zero-order chi connectivity index (χ0) is 17.3. The van der Waals surface area contributed by atoms with Crippen molar-refractivity contribution >= 4 is 5.97 Å². The minimum absolute atomic E-state index is 0.0464. The maximum absolute atomic E-state index is 12.2. The Labute approximate surface area is 143 Å². The van der Waals surface area contributed by atoms with E-state index in [1.165, 1.54) is 0 Å². The van der Waals surface area contributed by atoms with E-state index in [-0.39, 0.29) is 30.2 Å². The number of carbonyl (C=O) groups is 1. The second kappa shape index (κ2) is 6.82. The molecule has 3 rings (SSSR count). The minimum atomic E-state index is -0.528. The van der Waals surface area contributed by atoms with Gasteiger partial charge in [0.2, 0.25) is 0 Å². The van der Waals surface area contributed by atoms with E-state index in [1.807, 2.05) is 58.0 Å². The topological polar surface area (TPSA) is 54.0 Å². The molecular weight excluding hydrogens is 308 g/mol. The van der Waals surface area contributed by atoms with Crippen molar-refractivity contribution in [2.24, 2.45) is 11.3 Å². The summed E-state index contributed by atoms with van der Waals surface area (Å²) in [5.41, 5.74) is 0.455. The van der Waals surface area contributed by atoms with Crippen LogP contribution in [-0.2, 0) is 23.7 Å².